The van der Waals surface area contributed by atoms with Gasteiger partial charge >= 0.3 is 0 Å². The molecule has 0 bridgehead atoms. The molecule has 18 heavy (non-hydrogen) atoms. The van der Waals surface area contributed by atoms with Gasteiger partial charge in [-0.25, -0.2) is 8.42 Å². The van der Waals surface area contributed by atoms with Crippen molar-refractivity contribution in [1.82, 2.24) is 14.5 Å². The van der Waals surface area contributed by atoms with Gasteiger partial charge in [-0.1, -0.05) is 20.8 Å². The minimum atomic E-state index is -3.67. The molecule has 6 nitrogen and oxygen atoms in total. The van der Waals surface area contributed by atoms with E-state index in [1.165, 1.54) is 17.5 Å². The van der Waals surface area contributed by atoms with Crippen LogP contribution in [-0.2, 0) is 16.6 Å². The predicted molar refractivity (Wildman–Crippen MR) is 68.4 cm³/mol. The van der Waals surface area contributed by atoms with E-state index in [9.17, 15) is 8.42 Å². The van der Waals surface area contributed by atoms with Crippen LogP contribution in [0.4, 0.5) is 0 Å². The number of aliphatic hydroxyl groups excluding tert-OH is 1. The Morgan fingerprint density at radius 2 is 2.06 bits per heavy atom. The summed E-state index contributed by atoms with van der Waals surface area (Å²) in [5.41, 5.74) is 0.101. The van der Waals surface area contributed by atoms with E-state index in [-0.39, 0.29) is 28.7 Å². The highest BCUT2D eigenvalue weighted by Crippen LogP contribution is 2.27. The Bertz CT molecular complexity index is 502. The van der Waals surface area contributed by atoms with E-state index in [4.69, 9.17) is 5.11 Å². The molecule has 1 heterocycles. The third kappa shape index (κ3) is 2.73. The Hall–Kier alpha value is -0.920. The molecular formula is C11H21N3O3S. The van der Waals surface area contributed by atoms with Gasteiger partial charge in [-0.05, 0) is 12.3 Å². The molecule has 0 aliphatic heterocycles. The summed E-state index contributed by atoms with van der Waals surface area (Å²) in [5.74, 6) is 0. The molecule has 1 atom stereocenters. The van der Waals surface area contributed by atoms with Crippen LogP contribution in [0.5, 0.6) is 0 Å². The summed E-state index contributed by atoms with van der Waals surface area (Å²) < 4.78 is 26.1. The molecular weight excluding hydrogens is 254 g/mol. The molecule has 0 aliphatic carbocycles. The van der Waals surface area contributed by atoms with Gasteiger partial charge in [0.1, 0.15) is 0 Å². The van der Waals surface area contributed by atoms with Crippen LogP contribution in [0.25, 0.3) is 0 Å². The molecule has 0 aliphatic rings. The van der Waals surface area contributed by atoms with Crippen LogP contribution in [0, 0.1) is 5.41 Å². The average molecular weight is 275 g/mol. The SMILES string of the molecule is CC(N(C)S(=O)(=O)c1[nH]ncc1CO)C(C)(C)C. The maximum absolute atomic E-state index is 12.4. The summed E-state index contributed by atoms with van der Waals surface area (Å²) in [6, 6.07) is -0.183. The molecule has 104 valence electrons. The number of H-pyrrole nitrogens is 1. The van der Waals surface area contributed by atoms with E-state index < -0.39 is 10.0 Å². The van der Waals surface area contributed by atoms with Crippen molar-refractivity contribution in [2.24, 2.45) is 5.41 Å². The van der Waals surface area contributed by atoms with E-state index in [1.54, 1.807) is 0 Å². The number of hydrogen-bond donors (Lipinski definition) is 2. The highest BCUT2D eigenvalue weighted by molar-refractivity contribution is 7.89. The first-order chi connectivity index (χ1) is 8.12. The fourth-order valence-corrected chi connectivity index (χ4v) is 3.17. The second-order valence-corrected chi connectivity index (χ2v) is 7.38. The first-order valence-electron chi connectivity index (χ1n) is 5.73. The number of aromatic nitrogens is 2. The zero-order chi connectivity index (χ0) is 14.1. The second-order valence-electron chi connectivity index (χ2n) is 5.45. The summed E-state index contributed by atoms with van der Waals surface area (Å²) in [5, 5.41) is 15.2. The molecule has 1 aromatic heterocycles. The van der Waals surface area contributed by atoms with Crippen LogP contribution in [0.1, 0.15) is 33.3 Å². The average Bonchev–Trinajstić information content (AvgIpc) is 2.74. The molecule has 1 unspecified atom stereocenters. The molecule has 2 N–H and O–H groups in total. The lowest BCUT2D eigenvalue weighted by Crippen LogP contribution is -2.43. The van der Waals surface area contributed by atoms with Gasteiger partial charge in [-0.15, -0.1) is 0 Å². The molecule has 7 heteroatoms. The standard InChI is InChI=1S/C11H21N3O3S/c1-8(11(2,3)4)14(5)18(16,17)10-9(7-15)6-12-13-10/h6,8,15H,7H2,1-5H3,(H,12,13). The molecule has 0 aromatic carbocycles. The first kappa shape index (κ1) is 15.1. The van der Waals surface area contributed by atoms with Gasteiger partial charge in [0.2, 0.25) is 0 Å². The normalized spacial score (nSPS) is 15.1. The highest BCUT2D eigenvalue weighted by atomic mass is 32.2. The van der Waals surface area contributed by atoms with E-state index in [0.29, 0.717) is 0 Å². The summed E-state index contributed by atoms with van der Waals surface area (Å²) in [6.07, 6.45) is 1.32. The Labute approximate surface area is 108 Å². The van der Waals surface area contributed by atoms with Gasteiger partial charge in [0.15, 0.2) is 5.03 Å². The summed E-state index contributed by atoms with van der Waals surface area (Å²) in [7, 11) is -2.13. The summed E-state index contributed by atoms with van der Waals surface area (Å²) in [4.78, 5) is 0. The number of aliphatic hydroxyl groups is 1. The van der Waals surface area contributed by atoms with Crippen molar-refractivity contribution in [3.63, 3.8) is 0 Å². The molecule has 0 radical (unpaired) electrons. The molecule has 0 saturated heterocycles. The van der Waals surface area contributed by atoms with Crippen LogP contribution >= 0.6 is 0 Å². The van der Waals surface area contributed by atoms with Crippen LogP contribution in [0.15, 0.2) is 11.2 Å². The quantitative estimate of drug-likeness (QED) is 0.857. The molecule has 0 fully saturated rings. The smallest absolute Gasteiger partial charge is 0.260 e. The number of sulfonamides is 1. The van der Waals surface area contributed by atoms with Gasteiger partial charge in [0.25, 0.3) is 10.0 Å². The van der Waals surface area contributed by atoms with Crippen molar-refractivity contribution in [2.45, 2.75) is 45.4 Å². The van der Waals surface area contributed by atoms with Crippen LogP contribution < -0.4 is 0 Å². The Morgan fingerprint density at radius 1 is 1.50 bits per heavy atom. The number of nitrogens with zero attached hydrogens (tertiary/aromatic N) is 2. The third-order valence-corrected chi connectivity index (χ3v) is 5.23. The van der Waals surface area contributed by atoms with Gasteiger partial charge in [0, 0.05) is 18.7 Å². The van der Waals surface area contributed by atoms with Gasteiger partial charge < -0.3 is 5.11 Å². The number of aromatic amines is 1. The highest BCUT2D eigenvalue weighted by Gasteiger charge is 2.34. The van der Waals surface area contributed by atoms with Crippen LogP contribution in [-0.4, -0.2) is 41.1 Å². The minimum absolute atomic E-state index is 0.0383. The van der Waals surface area contributed by atoms with E-state index >= 15 is 0 Å². The van der Waals surface area contributed by atoms with Crippen molar-refractivity contribution in [2.75, 3.05) is 7.05 Å². The first-order valence-corrected chi connectivity index (χ1v) is 7.17. The van der Waals surface area contributed by atoms with E-state index in [1.807, 2.05) is 27.7 Å². The summed E-state index contributed by atoms with van der Waals surface area (Å²) >= 11 is 0. The monoisotopic (exact) mass is 275 g/mol. The molecule has 0 amide bonds. The third-order valence-electron chi connectivity index (χ3n) is 3.28. The van der Waals surface area contributed by atoms with E-state index in [2.05, 4.69) is 10.2 Å². The van der Waals surface area contributed by atoms with Crippen molar-refractivity contribution in [1.29, 1.82) is 0 Å². The largest absolute Gasteiger partial charge is 0.392 e. The lowest BCUT2D eigenvalue weighted by molar-refractivity contribution is 0.215. The fourth-order valence-electron chi connectivity index (χ4n) is 1.53. The van der Waals surface area contributed by atoms with Crippen molar-refractivity contribution >= 4 is 10.0 Å². The summed E-state index contributed by atoms with van der Waals surface area (Å²) in [6.45, 7) is 7.42. The van der Waals surface area contributed by atoms with Crippen molar-refractivity contribution in [3.05, 3.63) is 11.8 Å². The fraction of sp³-hybridized carbons (Fsp3) is 0.727. The van der Waals surface area contributed by atoms with Crippen LogP contribution in [0.3, 0.4) is 0 Å². The lowest BCUT2D eigenvalue weighted by atomic mass is 9.88. The Kier molecular flexibility index (Phi) is 4.19. The molecule has 0 spiro atoms. The second kappa shape index (κ2) is 4.99. The number of nitrogens with one attached hydrogen (secondary N) is 1. The Balaban J connectivity index is 3.16. The lowest BCUT2D eigenvalue weighted by Gasteiger charge is -2.34. The van der Waals surface area contributed by atoms with Gasteiger partial charge in [-0.2, -0.15) is 9.40 Å². The molecule has 0 saturated carbocycles. The number of hydrogen-bond acceptors (Lipinski definition) is 4. The maximum Gasteiger partial charge on any atom is 0.260 e. The van der Waals surface area contributed by atoms with Gasteiger partial charge in [-0.3, -0.25) is 5.10 Å². The zero-order valence-corrected chi connectivity index (χ0v) is 12.2. The minimum Gasteiger partial charge on any atom is -0.392 e. The topological polar surface area (TPSA) is 86.3 Å². The van der Waals surface area contributed by atoms with Crippen LogP contribution in [0.2, 0.25) is 0 Å². The van der Waals surface area contributed by atoms with E-state index in [0.717, 1.165) is 0 Å². The predicted octanol–water partition coefficient (Wildman–Crippen LogP) is 0.957. The molecule has 1 rings (SSSR count). The Morgan fingerprint density at radius 3 is 2.50 bits per heavy atom. The maximum atomic E-state index is 12.4. The number of rotatable bonds is 4. The molecule has 1 aromatic rings. The zero-order valence-electron chi connectivity index (χ0n) is 11.4. The van der Waals surface area contributed by atoms with Crippen molar-refractivity contribution in [3.8, 4) is 0 Å². The van der Waals surface area contributed by atoms with Gasteiger partial charge in [0.05, 0.1) is 12.8 Å². The van der Waals surface area contributed by atoms with Crippen molar-refractivity contribution < 1.29 is 13.5 Å².